The van der Waals surface area contributed by atoms with Gasteiger partial charge >= 0.3 is 12.2 Å². The smallest absolute Gasteiger partial charge is 0.415 e. The molecule has 2 aliphatic heterocycles. The second-order valence-electron chi connectivity index (χ2n) is 11.6. The summed E-state index contributed by atoms with van der Waals surface area (Å²) in [5.41, 5.74) is 2.03. The summed E-state index contributed by atoms with van der Waals surface area (Å²) in [7, 11) is 1.54. The van der Waals surface area contributed by atoms with Crippen molar-refractivity contribution >= 4 is 29.7 Å². The monoisotopic (exact) mass is 634 g/mol. The van der Waals surface area contributed by atoms with Gasteiger partial charge in [-0.1, -0.05) is 18.2 Å². The maximum absolute atomic E-state index is 12.5. The molecule has 1 aromatic carbocycles. The number of benzene rings is 1. The minimum absolute atomic E-state index is 0.0645. The zero-order valence-corrected chi connectivity index (χ0v) is 26.3. The number of carbonyl (C=O) groups is 3. The summed E-state index contributed by atoms with van der Waals surface area (Å²) in [6.45, 7) is 7.41. The van der Waals surface area contributed by atoms with Gasteiger partial charge < -0.3 is 39.6 Å². The van der Waals surface area contributed by atoms with Crippen LogP contribution in [0.5, 0.6) is 17.4 Å². The number of cyclic esters (lactones) is 1. The summed E-state index contributed by atoms with van der Waals surface area (Å²) in [6, 6.07) is 14.8. The number of hydrogen-bond acceptors (Lipinski definition) is 11. The molecule has 3 amide bonds. The van der Waals surface area contributed by atoms with Crippen LogP contribution in [0.2, 0.25) is 0 Å². The molecule has 0 spiro atoms. The number of anilines is 2. The number of rotatable bonds is 12. The minimum atomic E-state index is -0.574. The Kier molecular flexibility index (Phi) is 10.1. The largest absolute Gasteiger partial charge is 0.491 e. The summed E-state index contributed by atoms with van der Waals surface area (Å²) in [5.74, 6) is 1.80. The van der Waals surface area contributed by atoms with Crippen molar-refractivity contribution in [3.05, 3.63) is 54.1 Å². The Morgan fingerprint density at radius 1 is 1.11 bits per heavy atom. The maximum atomic E-state index is 12.5. The Morgan fingerprint density at radius 3 is 2.76 bits per heavy atom. The SMILES string of the molecule is COc1cc(OCCNC(=O)OC(C)(C)C)cc(-c2cccc(CNCCC3CN(c4ccc5c(n4)NC(=O)CO5)C(=O)O3)c2)n1. The van der Waals surface area contributed by atoms with E-state index in [0.717, 1.165) is 11.1 Å². The molecule has 46 heavy (non-hydrogen) atoms. The van der Waals surface area contributed by atoms with Gasteiger partial charge in [-0.25, -0.2) is 19.6 Å². The summed E-state index contributed by atoms with van der Waals surface area (Å²) in [6.07, 6.45) is -0.694. The van der Waals surface area contributed by atoms with E-state index in [0.29, 0.717) is 54.9 Å². The van der Waals surface area contributed by atoms with E-state index in [1.54, 1.807) is 46.1 Å². The van der Waals surface area contributed by atoms with Crippen LogP contribution in [-0.2, 0) is 20.8 Å². The van der Waals surface area contributed by atoms with Crippen LogP contribution in [0, 0.1) is 0 Å². The van der Waals surface area contributed by atoms with Crippen molar-refractivity contribution in [2.24, 2.45) is 0 Å². The zero-order valence-electron chi connectivity index (χ0n) is 26.3. The van der Waals surface area contributed by atoms with E-state index in [2.05, 4.69) is 25.9 Å². The molecule has 14 nitrogen and oxygen atoms in total. The molecule has 2 aliphatic rings. The molecule has 4 heterocycles. The molecule has 14 heteroatoms. The van der Waals surface area contributed by atoms with Crippen LogP contribution >= 0.6 is 0 Å². The topological polar surface area (TPSA) is 162 Å². The number of fused-ring (bicyclic) bond motifs is 1. The number of aromatic nitrogens is 2. The minimum Gasteiger partial charge on any atom is -0.491 e. The Labute approximate surface area is 266 Å². The normalized spacial score (nSPS) is 15.7. The van der Waals surface area contributed by atoms with Gasteiger partial charge in [0.1, 0.15) is 29.9 Å². The third kappa shape index (κ3) is 8.75. The summed E-state index contributed by atoms with van der Waals surface area (Å²) < 4.78 is 27.4. The molecule has 0 saturated carbocycles. The number of alkyl carbamates (subject to hydrolysis) is 1. The molecular formula is C32H38N6O8. The lowest BCUT2D eigenvalue weighted by atomic mass is 10.1. The third-order valence-electron chi connectivity index (χ3n) is 6.83. The number of carbonyl (C=O) groups excluding carboxylic acids is 3. The molecular weight excluding hydrogens is 596 g/mol. The Bertz CT molecular complexity index is 1580. The van der Waals surface area contributed by atoms with E-state index in [9.17, 15) is 14.4 Å². The number of nitrogens with zero attached hydrogens (tertiary/aromatic N) is 3. The molecule has 3 N–H and O–H groups in total. The van der Waals surface area contributed by atoms with Crippen molar-refractivity contribution in [2.75, 3.05) is 50.2 Å². The molecule has 0 aliphatic carbocycles. The highest BCUT2D eigenvalue weighted by Gasteiger charge is 2.33. The average Bonchev–Trinajstić information content (AvgIpc) is 3.40. The summed E-state index contributed by atoms with van der Waals surface area (Å²) >= 11 is 0. The van der Waals surface area contributed by atoms with Gasteiger partial charge in [0, 0.05) is 24.2 Å². The highest BCUT2D eigenvalue weighted by molar-refractivity contribution is 5.95. The molecule has 1 unspecified atom stereocenters. The predicted molar refractivity (Wildman–Crippen MR) is 168 cm³/mol. The first-order chi connectivity index (χ1) is 22.1. The Morgan fingerprint density at radius 2 is 1.96 bits per heavy atom. The number of nitrogens with one attached hydrogen (secondary N) is 3. The van der Waals surface area contributed by atoms with Crippen LogP contribution in [-0.4, -0.2) is 79.7 Å². The van der Waals surface area contributed by atoms with Gasteiger partial charge in [-0.2, -0.15) is 0 Å². The van der Waals surface area contributed by atoms with E-state index in [1.165, 1.54) is 4.90 Å². The second-order valence-corrected chi connectivity index (χ2v) is 11.6. The van der Waals surface area contributed by atoms with Crippen molar-refractivity contribution in [1.29, 1.82) is 0 Å². The molecule has 1 saturated heterocycles. The van der Waals surface area contributed by atoms with Gasteiger partial charge in [-0.05, 0) is 57.5 Å². The Hall–Kier alpha value is -5.11. The summed E-state index contributed by atoms with van der Waals surface area (Å²) in [4.78, 5) is 46.4. The van der Waals surface area contributed by atoms with Crippen LogP contribution in [0.4, 0.5) is 21.2 Å². The van der Waals surface area contributed by atoms with Gasteiger partial charge in [0.2, 0.25) is 5.88 Å². The molecule has 3 aromatic rings. The molecule has 1 fully saturated rings. The fourth-order valence-electron chi connectivity index (χ4n) is 4.75. The van der Waals surface area contributed by atoms with E-state index in [-0.39, 0.29) is 37.6 Å². The van der Waals surface area contributed by atoms with Gasteiger partial charge in [-0.15, -0.1) is 0 Å². The maximum Gasteiger partial charge on any atom is 0.415 e. The molecule has 0 radical (unpaired) electrons. The van der Waals surface area contributed by atoms with E-state index < -0.39 is 17.8 Å². The first kappa shape index (κ1) is 32.3. The number of hydrogen-bond donors (Lipinski definition) is 3. The van der Waals surface area contributed by atoms with E-state index >= 15 is 0 Å². The second kappa shape index (κ2) is 14.3. The fraction of sp³-hybridized carbons (Fsp3) is 0.406. The number of amides is 3. The molecule has 0 bridgehead atoms. The van der Waals surface area contributed by atoms with Crippen LogP contribution in [0.15, 0.2) is 48.5 Å². The van der Waals surface area contributed by atoms with Crippen molar-refractivity contribution in [3.8, 4) is 28.6 Å². The first-order valence-corrected chi connectivity index (χ1v) is 14.9. The molecule has 1 atom stereocenters. The number of methoxy groups -OCH3 is 1. The van der Waals surface area contributed by atoms with Gasteiger partial charge in [-0.3, -0.25) is 9.69 Å². The lowest BCUT2D eigenvalue weighted by molar-refractivity contribution is -0.118. The standard InChI is InChI=1S/C32H38N6O8/c1-32(2,3)46-30(40)34-12-13-43-23-15-24(35-28(16-23)42-4)21-7-5-6-20(14-21)17-33-11-10-22-18-38(31(41)45-22)26-9-8-25-29(36-26)37-27(39)19-44-25/h5-9,14-16,22,33H,10-13,17-19H2,1-4H3,(H,34,40)(H,36,37,39). The average molecular weight is 635 g/mol. The van der Waals surface area contributed by atoms with Crippen molar-refractivity contribution in [3.63, 3.8) is 0 Å². The van der Waals surface area contributed by atoms with E-state index in [4.69, 9.17) is 23.7 Å². The highest BCUT2D eigenvalue weighted by atomic mass is 16.6. The summed E-state index contributed by atoms with van der Waals surface area (Å²) in [5, 5.41) is 8.73. The van der Waals surface area contributed by atoms with Crippen LogP contribution in [0.3, 0.4) is 0 Å². The number of pyridine rings is 2. The molecule has 244 valence electrons. The highest BCUT2D eigenvalue weighted by Crippen LogP contribution is 2.30. The van der Waals surface area contributed by atoms with Crippen LogP contribution in [0.25, 0.3) is 11.3 Å². The fourth-order valence-corrected chi connectivity index (χ4v) is 4.75. The van der Waals surface area contributed by atoms with Crippen LogP contribution < -0.4 is 35.1 Å². The van der Waals surface area contributed by atoms with Crippen molar-refractivity contribution in [1.82, 2.24) is 20.6 Å². The van der Waals surface area contributed by atoms with Crippen molar-refractivity contribution < 1.29 is 38.1 Å². The number of ether oxygens (including phenoxy) is 5. The predicted octanol–water partition coefficient (Wildman–Crippen LogP) is 3.89. The molecule has 5 rings (SSSR count). The zero-order chi connectivity index (χ0) is 32.7. The first-order valence-electron chi connectivity index (χ1n) is 14.9. The Balaban J connectivity index is 1.11. The van der Waals surface area contributed by atoms with E-state index in [1.807, 2.05) is 30.3 Å². The van der Waals surface area contributed by atoms with Gasteiger partial charge in [0.15, 0.2) is 18.2 Å². The third-order valence-corrected chi connectivity index (χ3v) is 6.83. The molecule has 2 aromatic heterocycles. The van der Waals surface area contributed by atoms with Crippen molar-refractivity contribution in [2.45, 2.75) is 45.4 Å². The van der Waals surface area contributed by atoms with Gasteiger partial charge in [0.25, 0.3) is 5.91 Å². The lowest BCUT2D eigenvalue weighted by Crippen LogP contribution is -2.34. The quantitative estimate of drug-likeness (QED) is 0.248. The van der Waals surface area contributed by atoms with Crippen LogP contribution in [0.1, 0.15) is 32.8 Å². The van der Waals surface area contributed by atoms with Gasteiger partial charge in [0.05, 0.1) is 25.9 Å². The lowest BCUT2D eigenvalue weighted by Gasteiger charge is -2.19.